The standard InChI is InChI=1S/3C9H11N.C9H7N.CH4.B2H3O4.H2/c4*1-2-6-9-8(4-1)5-3-7-10-9;;3-1-6-2(4)5;/h3,5,7H,1-2,4,6H2;2*1-2,4,6,10H,3,5,7H2;1-7H;1H4;3-5H;1H/i;;;;;;1+1. The maximum Gasteiger partial charge on any atom is 0.619 e. The molecular formula is C37H49B2N4O4. The van der Waals surface area contributed by atoms with Gasteiger partial charge in [-0.2, -0.15) is 0 Å². The van der Waals surface area contributed by atoms with E-state index in [-0.39, 0.29) is 16.5 Å². The summed E-state index contributed by atoms with van der Waals surface area (Å²) in [5, 5.41) is 30.9. The summed E-state index contributed by atoms with van der Waals surface area (Å²) in [6.45, 7) is 2.27. The monoisotopic (exact) mass is 636 g/mol. The number of aryl methyl sites for hydroxylation is 4. The quantitative estimate of drug-likeness (QED) is 0.137. The highest BCUT2D eigenvalue weighted by atomic mass is 16.6. The highest BCUT2D eigenvalue weighted by molar-refractivity contribution is 6.42. The molecule has 3 aromatic carbocycles. The molecule has 1 aliphatic carbocycles. The van der Waals surface area contributed by atoms with Crippen LogP contribution in [0.4, 0.5) is 11.4 Å². The minimum atomic E-state index is -1.91. The predicted molar refractivity (Wildman–Crippen MR) is 197 cm³/mol. The lowest BCUT2D eigenvalue weighted by Crippen LogP contribution is -2.18. The molecule has 2 aliphatic heterocycles. The number of rotatable bonds is 2. The van der Waals surface area contributed by atoms with Crippen LogP contribution in [0.1, 0.15) is 56.9 Å². The van der Waals surface area contributed by atoms with Crippen molar-refractivity contribution < 1.29 is 21.1 Å². The molecule has 8 rings (SSSR count). The third-order valence-corrected chi connectivity index (χ3v) is 7.70. The average molecular weight is 636 g/mol. The van der Waals surface area contributed by atoms with E-state index >= 15 is 0 Å². The van der Waals surface area contributed by atoms with Gasteiger partial charge in [0.05, 0.1) is 5.52 Å². The van der Waals surface area contributed by atoms with Crippen LogP contribution < -0.4 is 10.6 Å². The van der Waals surface area contributed by atoms with Gasteiger partial charge in [-0.3, -0.25) is 9.97 Å². The Labute approximate surface area is 282 Å². The second kappa shape index (κ2) is 21.6. The van der Waals surface area contributed by atoms with Gasteiger partial charge >= 0.3 is 15.0 Å². The lowest BCUT2D eigenvalue weighted by molar-refractivity contribution is 0.275. The van der Waals surface area contributed by atoms with Gasteiger partial charge < -0.3 is 30.3 Å². The molecule has 8 nitrogen and oxygen atoms in total. The first kappa shape index (κ1) is 37.2. The summed E-state index contributed by atoms with van der Waals surface area (Å²) in [5.74, 6) is 0. The number of nitrogens with zero attached hydrogens (tertiary/aromatic N) is 2. The fourth-order valence-electron chi connectivity index (χ4n) is 5.43. The van der Waals surface area contributed by atoms with Crippen molar-refractivity contribution in [2.45, 2.75) is 58.8 Å². The molecule has 5 aromatic rings. The van der Waals surface area contributed by atoms with Crippen LogP contribution in [0.3, 0.4) is 0 Å². The van der Waals surface area contributed by atoms with Gasteiger partial charge in [-0.1, -0.05) is 74.2 Å². The van der Waals surface area contributed by atoms with E-state index in [1.54, 1.807) is 0 Å². The van der Waals surface area contributed by atoms with E-state index in [0.717, 1.165) is 18.6 Å². The number of pyridine rings is 2. The van der Waals surface area contributed by atoms with Crippen LogP contribution in [0.15, 0.2) is 109 Å². The van der Waals surface area contributed by atoms with Gasteiger partial charge in [0.15, 0.2) is 0 Å². The second-order valence-corrected chi connectivity index (χ2v) is 11.0. The van der Waals surface area contributed by atoms with Crippen LogP contribution in [-0.4, -0.2) is 53.1 Å². The Balaban J connectivity index is 0.000000209. The molecule has 247 valence electrons. The lowest BCUT2D eigenvalue weighted by Gasteiger charge is -2.16. The van der Waals surface area contributed by atoms with Gasteiger partial charge in [0, 0.05) is 49.4 Å². The summed E-state index contributed by atoms with van der Waals surface area (Å²) in [6.07, 6.45) is 13.8. The van der Waals surface area contributed by atoms with Gasteiger partial charge in [-0.25, -0.2) is 0 Å². The van der Waals surface area contributed by atoms with Crippen LogP contribution in [0.25, 0.3) is 10.9 Å². The third kappa shape index (κ3) is 13.2. The SMILES string of the molecule is C.O[B]OB(O)O.[2HH].c1ccc2c(c1)CCCN2.c1ccc2c(c1)CCCN2.c1ccc2ncccc2c1.c1cnc2c(c1)CCCC2. The molecule has 5 N–H and O–H groups in total. The lowest BCUT2D eigenvalue weighted by atomic mass is 9.96. The molecule has 0 unspecified atom stereocenters. The van der Waals surface area contributed by atoms with Crippen molar-refractivity contribution >= 4 is 37.3 Å². The topological polar surface area (TPSA) is 120 Å². The molecule has 0 saturated heterocycles. The normalized spacial score (nSPS) is 13.3. The van der Waals surface area contributed by atoms with Crippen LogP contribution >= 0.6 is 0 Å². The molecule has 0 atom stereocenters. The van der Waals surface area contributed by atoms with E-state index in [4.69, 9.17) is 15.1 Å². The van der Waals surface area contributed by atoms with E-state index in [1.807, 2.05) is 42.7 Å². The molecule has 2 aromatic heterocycles. The zero-order chi connectivity index (χ0) is 32.2. The largest absolute Gasteiger partial charge is 0.619 e. The minimum absolute atomic E-state index is 0. The van der Waals surface area contributed by atoms with E-state index in [2.05, 4.69) is 91.9 Å². The van der Waals surface area contributed by atoms with E-state index in [0.29, 0.717) is 0 Å². The van der Waals surface area contributed by atoms with Crippen molar-refractivity contribution in [3.8, 4) is 0 Å². The first-order valence-electron chi connectivity index (χ1n) is 16.0. The molecule has 0 fully saturated rings. The number of hydrogen-bond donors (Lipinski definition) is 5. The molecule has 0 saturated carbocycles. The Kier molecular flexibility index (Phi) is 17.1. The zero-order valence-corrected chi connectivity index (χ0v) is 26.3. The van der Waals surface area contributed by atoms with Crippen molar-refractivity contribution in [2.24, 2.45) is 0 Å². The highest BCUT2D eigenvalue weighted by Crippen LogP contribution is 2.21. The number of anilines is 2. The van der Waals surface area contributed by atoms with E-state index < -0.39 is 7.32 Å². The number of benzene rings is 3. The van der Waals surface area contributed by atoms with Crippen molar-refractivity contribution in [2.75, 3.05) is 23.7 Å². The Morgan fingerprint density at radius 1 is 0.617 bits per heavy atom. The van der Waals surface area contributed by atoms with Gasteiger partial charge in [-0.05, 0) is 98.4 Å². The van der Waals surface area contributed by atoms with Crippen LogP contribution in [0.5, 0.6) is 0 Å². The highest BCUT2D eigenvalue weighted by Gasteiger charge is 2.08. The summed E-state index contributed by atoms with van der Waals surface area (Å²) < 4.78 is 3.58. The van der Waals surface area contributed by atoms with Crippen LogP contribution in [0.2, 0.25) is 0 Å². The van der Waals surface area contributed by atoms with Crippen LogP contribution in [0, 0.1) is 0 Å². The fourth-order valence-corrected chi connectivity index (χ4v) is 5.43. The second-order valence-electron chi connectivity index (χ2n) is 11.0. The molecule has 47 heavy (non-hydrogen) atoms. The third-order valence-electron chi connectivity index (χ3n) is 7.70. The van der Waals surface area contributed by atoms with Crippen molar-refractivity contribution in [3.05, 3.63) is 132 Å². The molecule has 0 spiro atoms. The number of para-hydroxylation sites is 3. The summed E-state index contributed by atoms with van der Waals surface area (Å²) in [6, 6.07) is 33.4. The van der Waals surface area contributed by atoms with Gasteiger partial charge in [0.2, 0.25) is 0 Å². The average Bonchev–Trinajstić information content (AvgIpc) is 3.13. The minimum Gasteiger partial charge on any atom is -0.430 e. The smallest absolute Gasteiger partial charge is 0.430 e. The van der Waals surface area contributed by atoms with E-state index in [1.165, 1.54) is 90.5 Å². The number of hydrogen-bond acceptors (Lipinski definition) is 8. The first-order valence-corrected chi connectivity index (χ1v) is 16.0. The summed E-state index contributed by atoms with van der Waals surface area (Å²) in [5.41, 5.74) is 9.44. The van der Waals surface area contributed by atoms with Crippen LogP contribution in [-0.2, 0) is 30.3 Å². The Hall–Kier alpha value is -4.21. The fraction of sp³-hybridized carbons (Fsp3) is 0.297. The van der Waals surface area contributed by atoms with E-state index in [9.17, 15) is 0 Å². The van der Waals surface area contributed by atoms with Crippen molar-refractivity contribution in [1.82, 2.24) is 9.97 Å². The summed E-state index contributed by atoms with van der Waals surface area (Å²) in [7, 11) is -1.71. The molecule has 0 amide bonds. The number of nitrogens with one attached hydrogen (secondary N) is 2. The Morgan fingerprint density at radius 2 is 1.13 bits per heavy atom. The summed E-state index contributed by atoms with van der Waals surface area (Å²) >= 11 is 0. The predicted octanol–water partition coefficient (Wildman–Crippen LogP) is 6.67. The van der Waals surface area contributed by atoms with Crippen molar-refractivity contribution in [3.63, 3.8) is 0 Å². The maximum absolute atomic E-state index is 7.69. The van der Waals surface area contributed by atoms with Gasteiger partial charge in [0.25, 0.3) is 0 Å². The Bertz CT molecular complexity index is 1340. The molecule has 3 aliphatic rings. The molecule has 4 heterocycles. The zero-order valence-electron chi connectivity index (χ0n) is 26.3. The summed E-state index contributed by atoms with van der Waals surface area (Å²) in [4.78, 5) is 8.50. The molecular weight excluding hydrogens is 586 g/mol. The first-order chi connectivity index (χ1) is 22.6. The number of aromatic nitrogens is 2. The Morgan fingerprint density at radius 3 is 1.70 bits per heavy atom. The molecule has 1 radical (unpaired) electrons. The van der Waals surface area contributed by atoms with Crippen molar-refractivity contribution in [1.29, 1.82) is 0 Å². The number of fused-ring (bicyclic) bond motifs is 4. The molecule has 10 heteroatoms. The maximum atomic E-state index is 7.69. The van der Waals surface area contributed by atoms with Gasteiger partial charge in [-0.15, -0.1) is 0 Å². The van der Waals surface area contributed by atoms with Gasteiger partial charge in [0.1, 0.15) is 0 Å². The molecule has 0 bridgehead atoms.